The standard InChI is InChI=1S/C19H27NO3S/c1-14(2)12-20(18-9-10-24(22,23)13-18)19(21)8-7-17-6-5-15(3)11-16(17)4/h5-8,11,14,18H,9-10,12-13H2,1-4H3. The van der Waals surface area contributed by atoms with Crippen molar-refractivity contribution in [2.45, 2.75) is 40.2 Å². The van der Waals surface area contributed by atoms with E-state index in [2.05, 4.69) is 6.07 Å². The van der Waals surface area contributed by atoms with Gasteiger partial charge in [0.1, 0.15) is 0 Å². The van der Waals surface area contributed by atoms with E-state index in [1.54, 1.807) is 11.0 Å². The molecule has 1 unspecified atom stereocenters. The average molecular weight is 349 g/mol. The van der Waals surface area contributed by atoms with E-state index in [0.717, 1.165) is 11.1 Å². The molecule has 0 radical (unpaired) electrons. The molecule has 0 saturated carbocycles. The first kappa shape index (κ1) is 18.7. The summed E-state index contributed by atoms with van der Waals surface area (Å²) in [4.78, 5) is 14.4. The van der Waals surface area contributed by atoms with Crippen molar-refractivity contribution in [3.63, 3.8) is 0 Å². The summed E-state index contributed by atoms with van der Waals surface area (Å²) in [6.45, 7) is 8.72. The first-order valence-electron chi connectivity index (χ1n) is 8.44. The number of sulfone groups is 1. The predicted octanol–water partition coefficient (Wildman–Crippen LogP) is 2.99. The maximum absolute atomic E-state index is 12.7. The Morgan fingerprint density at radius 3 is 2.58 bits per heavy atom. The van der Waals surface area contributed by atoms with Gasteiger partial charge >= 0.3 is 0 Å². The lowest BCUT2D eigenvalue weighted by atomic mass is 10.1. The molecule has 0 bridgehead atoms. The molecule has 24 heavy (non-hydrogen) atoms. The highest BCUT2D eigenvalue weighted by Crippen LogP contribution is 2.20. The first-order chi connectivity index (χ1) is 11.2. The summed E-state index contributed by atoms with van der Waals surface area (Å²) < 4.78 is 23.5. The Morgan fingerprint density at radius 1 is 1.33 bits per heavy atom. The highest BCUT2D eigenvalue weighted by atomic mass is 32.2. The van der Waals surface area contributed by atoms with Gasteiger partial charge in [-0.25, -0.2) is 8.42 Å². The summed E-state index contributed by atoms with van der Waals surface area (Å²) in [5.74, 6) is 0.459. The van der Waals surface area contributed by atoms with Crippen molar-refractivity contribution >= 4 is 21.8 Å². The Bertz CT molecular complexity index is 735. The van der Waals surface area contributed by atoms with Crippen LogP contribution in [0, 0.1) is 19.8 Å². The van der Waals surface area contributed by atoms with Gasteiger partial charge < -0.3 is 4.90 Å². The van der Waals surface area contributed by atoms with Gasteiger partial charge in [0.15, 0.2) is 9.84 Å². The van der Waals surface area contributed by atoms with Gasteiger partial charge in [0.2, 0.25) is 5.91 Å². The van der Waals surface area contributed by atoms with Crippen molar-refractivity contribution < 1.29 is 13.2 Å². The largest absolute Gasteiger partial charge is 0.335 e. The number of carbonyl (C=O) groups excluding carboxylic acids is 1. The number of carbonyl (C=O) groups is 1. The van der Waals surface area contributed by atoms with E-state index in [0.29, 0.717) is 18.9 Å². The highest BCUT2D eigenvalue weighted by Gasteiger charge is 2.34. The molecular weight excluding hydrogens is 322 g/mol. The molecule has 0 spiro atoms. The highest BCUT2D eigenvalue weighted by molar-refractivity contribution is 7.91. The minimum absolute atomic E-state index is 0.0862. The maximum atomic E-state index is 12.7. The number of nitrogens with zero attached hydrogens (tertiary/aromatic N) is 1. The molecule has 1 aliphatic rings. The molecule has 1 heterocycles. The zero-order chi connectivity index (χ0) is 17.9. The molecule has 1 atom stereocenters. The molecule has 132 valence electrons. The number of amides is 1. The van der Waals surface area contributed by atoms with Crippen LogP contribution in [-0.2, 0) is 14.6 Å². The minimum atomic E-state index is -3.01. The third-order valence-electron chi connectivity index (χ3n) is 4.32. The van der Waals surface area contributed by atoms with Crippen molar-refractivity contribution in [2.75, 3.05) is 18.1 Å². The van der Waals surface area contributed by atoms with Gasteiger partial charge in [-0.05, 0) is 43.4 Å². The minimum Gasteiger partial charge on any atom is -0.335 e. The lowest BCUT2D eigenvalue weighted by Gasteiger charge is -2.29. The fourth-order valence-corrected chi connectivity index (χ4v) is 4.83. The van der Waals surface area contributed by atoms with Gasteiger partial charge in [-0.15, -0.1) is 0 Å². The van der Waals surface area contributed by atoms with Crippen molar-refractivity contribution in [1.29, 1.82) is 0 Å². The van der Waals surface area contributed by atoms with Gasteiger partial charge in [-0.2, -0.15) is 0 Å². The van der Waals surface area contributed by atoms with Gasteiger partial charge in [0.05, 0.1) is 11.5 Å². The Morgan fingerprint density at radius 2 is 2.04 bits per heavy atom. The normalized spacial score (nSPS) is 20.0. The molecule has 1 aromatic carbocycles. The third-order valence-corrected chi connectivity index (χ3v) is 6.08. The Kier molecular flexibility index (Phi) is 5.86. The zero-order valence-corrected chi connectivity index (χ0v) is 15.8. The van der Waals surface area contributed by atoms with Crippen LogP contribution >= 0.6 is 0 Å². The number of hydrogen-bond acceptors (Lipinski definition) is 3. The number of benzene rings is 1. The van der Waals surface area contributed by atoms with Crippen LogP contribution in [0.3, 0.4) is 0 Å². The molecule has 1 aliphatic heterocycles. The van der Waals surface area contributed by atoms with E-state index in [1.807, 2.05) is 45.9 Å². The lowest BCUT2D eigenvalue weighted by Crippen LogP contribution is -2.42. The smallest absolute Gasteiger partial charge is 0.246 e. The van der Waals surface area contributed by atoms with E-state index in [4.69, 9.17) is 0 Å². The summed E-state index contributed by atoms with van der Waals surface area (Å²) >= 11 is 0. The van der Waals surface area contributed by atoms with E-state index < -0.39 is 9.84 Å². The summed E-state index contributed by atoms with van der Waals surface area (Å²) in [7, 11) is -3.01. The molecule has 1 aromatic rings. The quantitative estimate of drug-likeness (QED) is 0.768. The fourth-order valence-electron chi connectivity index (χ4n) is 3.10. The molecule has 1 fully saturated rings. The maximum Gasteiger partial charge on any atom is 0.246 e. The number of rotatable bonds is 5. The molecule has 2 rings (SSSR count). The summed E-state index contributed by atoms with van der Waals surface area (Å²) in [5.41, 5.74) is 3.32. The monoisotopic (exact) mass is 349 g/mol. The third kappa shape index (κ3) is 4.94. The molecule has 1 amide bonds. The summed E-state index contributed by atoms with van der Waals surface area (Å²) in [6, 6.07) is 5.90. The second kappa shape index (κ2) is 7.51. The Labute approximate surface area is 145 Å². The van der Waals surface area contributed by atoms with E-state index >= 15 is 0 Å². The van der Waals surface area contributed by atoms with Gasteiger partial charge in [0.25, 0.3) is 0 Å². The van der Waals surface area contributed by atoms with Crippen LogP contribution in [0.4, 0.5) is 0 Å². The molecule has 1 saturated heterocycles. The van der Waals surface area contributed by atoms with Crippen molar-refractivity contribution in [1.82, 2.24) is 4.90 Å². The average Bonchev–Trinajstić information content (AvgIpc) is 2.83. The SMILES string of the molecule is Cc1ccc(C=CC(=O)N(CC(C)C)C2CCS(=O)(=O)C2)c(C)c1. The molecule has 4 nitrogen and oxygen atoms in total. The van der Waals surface area contributed by atoms with Crippen LogP contribution in [0.1, 0.15) is 37.0 Å². The van der Waals surface area contributed by atoms with E-state index in [1.165, 1.54) is 5.56 Å². The van der Waals surface area contributed by atoms with Crippen LogP contribution in [0.2, 0.25) is 0 Å². The summed E-state index contributed by atoms with van der Waals surface area (Å²) in [5, 5.41) is 0. The molecule has 0 aromatic heterocycles. The fraction of sp³-hybridized carbons (Fsp3) is 0.526. The van der Waals surface area contributed by atoms with Gasteiger partial charge in [-0.1, -0.05) is 37.6 Å². The van der Waals surface area contributed by atoms with Crippen LogP contribution in [-0.4, -0.2) is 43.3 Å². The lowest BCUT2D eigenvalue weighted by molar-refractivity contribution is -0.128. The molecule has 0 aliphatic carbocycles. The number of hydrogen-bond donors (Lipinski definition) is 0. The zero-order valence-electron chi connectivity index (χ0n) is 15.0. The van der Waals surface area contributed by atoms with Gasteiger partial charge in [0, 0.05) is 18.7 Å². The molecule has 0 N–H and O–H groups in total. The molecular formula is C19H27NO3S. The Balaban J connectivity index is 2.17. The van der Waals surface area contributed by atoms with Crippen molar-refractivity contribution in [3.05, 3.63) is 41.0 Å². The van der Waals surface area contributed by atoms with Crippen LogP contribution in [0.25, 0.3) is 6.08 Å². The molecule has 5 heteroatoms. The van der Waals surface area contributed by atoms with Crippen molar-refractivity contribution in [3.8, 4) is 0 Å². The van der Waals surface area contributed by atoms with Gasteiger partial charge in [-0.3, -0.25) is 4.79 Å². The van der Waals surface area contributed by atoms with Crippen molar-refractivity contribution in [2.24, 2.45) is 5.92 Å². The second-order valence-corrected chi connectivity index (χ2v) is 9.36. The number of aryl methyl sites for hydroxylation is 2. The van der Waals surface area contributed by atoms with Crippen LogP contribution < -0.4 is 0 Å². The second-order valence-electron chi connectivity index (χ2n) is 7.13. The topological polar surface area (TPSA) is 54.5 Å². The van der Waals surface area contributed by atoms with Crippen LogP contribution in [0.15, 0.2) is 24.3 Å². The first-order valence-corrected chi connectivity index (χ1v) is 10.3. The van der Waals surface area contributed by atoms with E-state index in [-0.39, 0.29) is 23.5 Å². The van der Waals surface area contributed by atoms with Crippen LogP contribution in [0.5, 0.6) is 0 Å². The Hall–Kier alpha value is -1.62. The summed E-state index contributed by atoms with van der Waals surface area (Å²) in [6.07, 6.45) is 3.94. The predicted molar refractivity (Wildman–Crippen MR) is 98.6 cm³/mol. The van der Waals surface area contributed by atoms with E-state index in [9.17, 15) is 13.2 Å².